The highest BCUT2D eigenvalue weighted by atomic mass is 14.6. The van der Waals surface area contributed by atoms with Crippen LogP contribution >= 0.6 is 0 Å². The zero-order valence-corrected chi connectivity index (χ0v) is 14.7. The standard InChI is InChI=1S/C21H35N/c1-20-12-4-3-5-15(20)6-8-17-18-9-7-16(11-14-22)21(18,2)13-10-19(17)20/h6,16-19H,3-5,7-14,22H2,1-2H3/t16-,17+,18+,19+,20+,21-/m1/s1. The van der Waals surface area contributed by atoms with Crippen molar-refractivity contribution in [1.29, 1.82) is 0 Å². The van der Waals surface area contributed by atoms with Gasteiger partial charge < -0.3 is 5.73 Å². The van der Waals surface area contributed by atoms with Crippen LogP contribution in [0.4, 0.5) is 0 Å². The molecule has 4 aliphatic rings. The summed E-state index contributed by atoms with van der Waals surface area (Å²) >= 11 is 0. The predicted octanol–water partition coefficient (Wildman–Crippen LogP) is 5.30. The highest BCUT2D eigenvalue weighted by Crippen LogP contribution is 2.66. The molecule has 1 nitrogen and oxygen atoms in total. The Bertz CT molecular complexity index is 467. The largest absolute Gasteiger partial charge is 0.330 e. The lowest BCUT2D eigenvalue weighted by molar-refractivity contribution is -0.0418. The Morgan fingerprint density at radius 1 is 1.09 bits per heavy atom. The van der Waals surface area contributed by atoms with Crippen molar-refractivity contribution in [2.75, 3.05) is 6.54 Å². The Labute approximate surface area is 137 Å². The van der Waals surface area contributed by atoms with Crippen molar-refractivity contribution in [2.45, 2.75) is 78.1 Å². The van der Waals surface area contributed by atoms with E-state index >= 15 is 0 Å². The monoisotopic (exact) mass is 301 g/mol. The molecule has 1 heteroatoms. The molecular weight excluding hydrogens is 266 g/mol. The zero-order valence-electron chi connectivity index (χ0n) is 14.7. The van der Waals surface area contributed by atoms with Crippen molar-refractivity contribution >= 4 is 0 Å². The van der Waals surface area contributed by atoms with Crippen LogP contribution in [0, 0.1) is 34.5 Å². The van der Waals surface area contributed by atoms with Gasteiger partial charge >= 0.3 is 0 Å². The Morgan fingerprint density at radius 3 is 2.77 bits per heavy atom. The first-order valence-corrected chi connectivity index (χ1v) is 9.99. The van der Waals surface area contributed by atoms with E-state index in [-0.39, 0.29) is 0 Å². The van der Waals surface area contributed by atoms with Crippen LogP contribution in [0.3, 0.4) is 0 Å². The minimum absolute atomic E-state index is 0.564. The lowest BCUT2D eigenvalue weighted by Crippen LogP contribution is -2.49. The summed E-state index contributed by atoms with van der Waals surface area (Å²) in [6, 6.07) is 0. The van der Waals surface area contributed by atoms with Crippen LogP contribution in [-0.2, 0) is 0 Å². The number of fused-ring (bicyclic) bond motifs is 5. The van der Waals surface area contributed by atoms with Gasteiger partial charge in [-0.1, -0.05) is 31.9 Å². The Hall–Kier alpha value is -0.300. The summed E-state index contributed by atoms with van der Waals surface area (Å²) < 4.78 is 0. The SMILES string of the molecule is C[C@]12CC[C@H]3[C@@H](CC=C4CCCC[C@@]43C)[C@@H]1CC[C@@H]2CCN. The number of hydrogen-bond donors (Lipinski definition) is 1. The van der Waals surface area contributed by atoms with Gasteiger partial charge in [0.05, 0.1) is 0 Å². The van der Waals surface area contributed by atoms with Gasteiger partial charge in [-0.15, -0.1) is 0 Å². The van der Waals surface area contributed by atoms with Gasteiger partial charge in [0.1, 0.15) is 0 Å². The second kappa shape index (κ2) is 5.36. The van der Waals surface area contributed by atoms with Gasteiger partial charge in [0.2, 0.25) is 0 Å². The molecule has 4 rings (SSSR count). The summed E-state index contributed by atoms with van der Waals surface area (Å²) in [6.45, 7) is 6.15. The van der Waals surface area contributed by atoms with E-state index in [1.807, 2.05) is 5.57 Å². The van der Waals surface area contributed by atoms with Gasteiger partial charge in [0, 0.05) is 0 Å². The zero-order chi connectivity index (χ0) is 15.4. The molecular formula is C21H35N. The van der Waals surface area contributed by atoms with Crippen LogP contribution in [0.15, 0.2) is 11.6 Å². The first kappa shape index (κ1) is 15.2. The van der Waals surface area contributed by atoms with Gasteiger partial charge in [-0.2, -0.15) is 0 Å². The molecule has 0 radical (unpaired) electrons. The smallest absolute Gasteiger partial charge is 0.00744 e. The maximum absolute atomic E-state index is 5.92. The molecule has 6 atom stereocenters. The molecule has 0 heterocycles. The number of nitrogens with two attached hydrogens (primary N) is 1. The molecule has 4 aliphatic carbocycles. The fourth-order valence-electron chi connectivity index (χ4n) is 7.48. The van der Waals surface area contributed by atoms with Crippen molar-refractivity contribution in [3.63, 3.8) is 0 Å². The highest BCUT2D eigenvalue weighted by molar-refractivity contribution is 5.24. The number of hydrogen-bond acceptors (Lipinski definition) is 1. The highest BCUT2D eigenvalue weighted by Gasteiger charge is 2.57. The topological polar surface area (TPSA) is 26.0 Å². The van der Waals surface area contributed by atoms with E-state index in [1.54, 1.807) is 0 Å². The van der Waals surface area contributed by atoms with Crippen LogP contribution in [0.25, 0.3) is 0 Å². The summed E-state index contributed by atoms with van der Waals surface area (Å²) in [5.74, 6) is 3.86. The van der Waals surface area contributed by atoms with Crippen LogP contribution in [0.5, 0.6) is 0 Å². The summed E-state index contributed by atoms with van der Waals surface area (Å²) in [5.41, 5.74) is 8.94. The van der Waals surface area contributed by atoms with E-state index in [0.717, 1.165) is 30.2 Å². The van der Waals surface area contributed by atoms with Gasteiger partial charge in [-0.05, 0) is 98.8 Å². The third-order valence-corrected chi connectivity index (χ3v) is 8.73. The van der Waals surface area contributed by atoms with Crippen LogP contribution < -0.4 is 5.73 Å². The van der Waals surface area contributed by atoms with Crippen LogP contribution in [0.2, 0.25) is 0 Å². The van der Waals surface area contributed by atoms with E-state index in [4.69, 9.17) is 5.73 Å². The first-order chi connectivity index (χ1) is 10.6. The van der Waals surface area contributed by atoms with Crippen molar-refractivity contribution in [1.82, 2.24) is 0 Å². The van der Waals surface area contributed by atoms with Gasteiger partial charge in [-0.25, -0.2) is 0 Å². The molecule has 0 spiro atoms. The quantitative estimate of drug-likeness (QED) is 0.688. The molecule has 0 aromatic carbocycles. The fraction of sp³-hybridized carbons (Fsp3) is 0.905. The minimum Gasteiger partial charge on any atom is -0.330 e. The molecule has 0 amide bonds. The molecule has 3 saturated carbocycles. The normalized spacial score (nSPS) is 50.8. The van der Waals surface area contributed by atoms with Crippen molar-refractivity contribution in [3.8, 4) is 0 Å². The van der Waals surface area contributed by atoms with Gasteiger partial charge in [0.15, 0.2) is 0 Å². The molecule has 0 bridgehead atoms. The van der Waals surface area contributed by atoms with Crippen LogP contribution in [-0.4, -0.2) is 6.54 Å². The maximum atomic E-state index is 5.92. The van der Waals surface area contributed by atoms with Crippen LogP contribution in [0.1, 0.15) is 78.1 Å². The second-order valence-corrected chi connectivity index (χ2v) is 9.36. The molecule has 0 aromatic rings. The molecule has 0 unspecified atom stereocenters. The molecule has 0 saturated heterocycles. The summed E-state index contributed by atoms with van der Waals surface area (Å²) in [6.07, 6.45) is 17.0. The average molecular weight is 302 g/mol. The Balaban J connectivity index is 1.63. The lowest BCUT2D eigenvalue weighted by Gasteiger charge is -2.57. The first-order valence-electron chi connectivity index (χ1n) is 9.99. The summed E-state index contributed by atoms with van der Waals surface area (Å²) in [7, 11) is 0. The van der Waals surface area contributed by atoms with Crippen molar-refractivity contribution in [3.05, 3.63) is 11.6 Å². The van der Waals surface area contributed by atoms with E-state index in [9.17, 15) is 0 Å². The van der Waals surface area contributed by atoms with Gasteiger partial charge in [0.25, 0.3) is 0 Å². The average Bonchev–Trinajstić information content (AvgIpc) is 2.84. The summed E-state index contributed by atoms with van der Waals surface area (Å²) in [4.78, 5) is 0. The number of rotatable bonds is 2. The van der Waals surface area contributed by atoms with E-state index in [1.165, 1.54) is 64.2 Å². The molecule has 3 fully saturated rings. The van der Waals surface area contributed by atoms with Crippen molar-refractivity contribution in [2.24, 2.45) is 40.2 Å². The molecule has 2 N–H and O–H groups in total. The third-order valence-electron chi connectivity index (χ3n) is 8.73. The minimum atomic E-state index is 0.564. The predicted molar refractivity (Wildman–Crippen MR) is 93.5 cm³/mol. The molecule has 0 aromatic heterocycles. The molecule has 124 valence electrons. The third kappa shape index (κ3) is 2.00. The molecule has 22 heavy (non-hydrogen) atoms. The van der Waals surface area contributed by atoms with Crippen molar-refractivity contribution < 1.29 is 0 Å². The summed E-state index contributed by atoms with van der Waals surface area (Å²) in [5, 5.41) is 0. The second-order valence-electron chi connectivity index (χ2n) is 9.36. The van der Waals surface area contributed by atoms with E-state index in [2.05, 4.69) is 19.9 Å². The van der Waals surface area contributed by atoms with E-state index in [0.29, 0.717) is 10.8 Å². The Kier molecular flexibility index (Phi) is 3.72. The maximum Gasteiger partial charge on any atom is -0.00744 e. The van der Waals surface area contributed by atoms with E-state index < -0.39 is 0 Å². The number of allylic oxidation sites excluding steroid dienone is 2. The fourth-order valence-corrected chi connectivity index (χ4v) is 7.48. The van der Waals surface area contributed by atoms with Gasteiger partial charge in [-0.3, -0.25) is 0 Å². The lowest BCUT2D eigenvalue weighted by atomic mass is 9.47. The molecule has 0 aliphatic heterocycles. The Morgan fingerprint density at radius 2 is 1.95 bits per heavy atom.